The highest BCUT2D eigenvalue weighted by Gasteiger charge is 2.30. The zero-order valence-corrected chi connectivity index (χ0v) is 11.7. The van der Waals surface area contributed by atoms with Crippen molar-refractivity contribution in [2.45, 2.75) is 32.1 Å². The van der Waals surface area contributed by atoms with Gasteiger partial charge in [-0.2, -0.15) is 0 Å². The van der Waals surface area contributed by atoms with Crippen LogP contribution in [0, 0.1) is 23.5 Å². The molecule has 0 spiro atoms. The first-order valence-corrected chi connectivity index (χ1v) is 7.51. The van der Waals surface area contributed by atoms with Crippen molar-refractivity contribution in [2.75, 3.05) is 13.1 Å². The van der Waals surface area contributed by atoms with Crippen LogP contribution in [0.15, 0.2) is 30.5 Å². The van der Waals surface area contributed by atoms with Gasteiger partial charge in [-0.3, -0.25) is 0 Å². The van der Waals surface area contributed by atoms with Gasteiger partial charge in [0, 0.05) is 24.9 Å². The molecule has 1 heterocycles. The molecule has 0 N–H and O–H groups in total. The quantitative estimate of drug-likeness (QED) is 0.799. The fourth-order valence-corrected chi connectivity index (χ4v) is 3.10. The van der Waals surface area contributed by atoms with Gasteiger partial charge in [0.15, 0.2) is 0 Å². The highest BCUT2D eigenvalue weighted by atomic mass is 19.1. The minimum absolute atomic E-state index is 0.408. The number of hydrogen-bond acceptors (Lipinski definition) is 1. The molecule has 1 nitrogen and oxygen atoms in total. The van der Waals surface area contributed by atoms with Crippen molar-refractivity contribution in [1.29, 1.82) is 0 Å². The Bertz CT molecular complexity index is 500. The molecule has 0 aromatic heterocycles. The van der Waals surface area contributed by atoms with Crippen molar-refractivity contribution in [3.63, 3.8) is 0 Å². The second kappa shape index (κ2) is 5.55. The van der Waals surface area contributed by atoms with Crippen LogP contribution in [0.3, 0.4) is 0 Å². The molecule has 1 saturated carbocycles. The third-order valence-electron chi connectivity index (χ3n) is 4.59. The largest absolute Gasteiger partial charge is 0.375 e. The van der Waals surface area contributed by atoms with E-state index in [2.05, 4.69) is 11.5 Å². The van der Waals surface area contributed by atoms with E-state index < -0.39 is 11.6 Å². The van der Waals surface area contributed by atoms with Crippen molar-refractivity contribution in [3.8, 4) is 0 Å². The predicted octanol–water partition coefficient (Wildman–Crippen LogP) is 4.14. The molecule has 1 aliphatic heterocycles. The van der Waals surface area contributed by atoms with Crippen LogP contribution in [0.5, 0.6) is 0 Å². The van der Waals surface area contributed by atoms with E-state index >= 15 is 0 Å². The van der Waals surface area contributed by atoms with Crippen LogP contribution in [0.1, 0.15) is 31.2 Å². The molecule has 2 aliphatic rings. The maximum absolute atomic E-state index is 13.7. The van der Waals surface area contributed by atoms with Crippen molar-refractivity contribution in [3.05, 3.63) is 47.7 Å². The Morgan fingerprint density at radius 1 is 1.15 bits per heavy atom. The van der Waals surface area contributed by atoms with E-state index in [4.69, 9.17) is 0 Å². The van der Waals surface area contributed by atoms with Crippen LogP contribution in [0.4, 0.5) is 8.78 Å². The minimum atomic E-state index is -0.498. The monoisotopic (exact) mass is 277 g/mol. The van der Waals surface area contributed by atoms with E-state index in [0.29, 0.717) is 11.5 Å². The van der Waals surface area contributed by atoms with Crippen LogP contribution in [-0.4, -0.2) is 18.0 Å². The summed E-state index contributed by atoms with van der Waals surface area (Å²) in [4.78, 5) is 2.40. The maximum atomic E-state index is 13.7. The lowest BCUT2D eigenvalue weighted by molar-refractivity contribution is 0.217. The lowest BCUT2D eigenvalue weighted by atomic mass is 9.89. The number of halogens is 2. The average Bonchev–Trinajstić information content (AvgIpc) is 3.26. The molecule has 2 fully saturated rings. The topological polar surface area (TPSA) is 3.24 Å². The summed E-state index contributed by atoms with van der Waals surface area (Å²) >= 11 is 0. The van der Waals surface area contributed by atoms with Crippen LogP contribution in [0.25, 0.3) is 0 Å². The van der Waals surface area contributed by atoms with Gasteiger partial charge in [0.25, 0.3) is 0 Å². The molecule has 108 valence electrons. The summed E-state index contributed by atoms with van der Waals surface area (Å²) in [6.45, 7) is 6.26. The summed E-state index contributed by atoms with van der Waals surface area (Å²) in [5.41, 5.74) is 1.95. The summed E-state index contributed by atoms with van der Waals surface area (Å²) in [5.74, 6) is 0.316. The zero-order valence-electron chi connectivity index (χ0n) is 11.7. The van der Waals surface area contributed by atoms with Gasteiger partial charge >= 0.3 is 0 Å². The number of piperidine rings is 1. The SMILES string of the molecule is C=C(C1CC1)N1CCC(Cc2ccc(F)cc2F)CC1. The molecule has 0 bridgehead atoms. The van der Waals surface area contributed by atoms with Crippen molar-refractivity contribution >= 4 is 0 Å². The van der Waals surface area contributed by atoms with Crippen molar-refractivity contribution < 1.29 is 8.78 Å². The molecule has 0 atom stereocenters. The predicted molar refractivity (Wildman–Crippen MR) is 76.2 cm³/mol. The molecule has 1 saturated heterocycles. The highest BCUT2D eigenvalue weighted by molar-refractivity contribution is 5.19. The van der Waals surface area contributed by atoms with E-state index in [1.165, 1.54) is 24.6 Å². The Kier molecular flexibility index (Phi) is 3.77. The summed E-state index contributed by atoms with van der Waals surface area (Å²) < 4.78 is 26.6. The first kappa shape index (κ1) is 13.6. The van der Waals surface area contributed by atoms with Crippen molar-refractivity contribution in [1.82, 2.24) is 4.90 Å². The number of hydrogen-bond donors (Lipinski definition) is 0. The molecule has 3 heteroatoms. The van der Waals surface area contributed by atoms with Crippen LogP contribution < -0.4 is 0 Å². The molecule has 3 rings (SSSR count). The van der Waals surface area contributed by atoms with Gasteiger partial charge in [-0.25, -0.2) is 8.78 Å². The fourth-order valence-electron chi connectivity index (χ4n) is 3.10. The third kappa shape index (κ3) is 3.02. The fraction of sp³-hybridized carbons (Fsp3) is 0.529. The molecule has 1 aliphatic carbocycles. The Balaban J connectivity index is 1.54. The van der Waals surface area contributed by atoms with Crippen LogP contribution in [-0.2, 0) is 6.42 Å². The Morgan fingerprint density at radius 3 is 2.45 bits per heavy atom. The normalized spacial score (nSPS) is 20.2. The molecule has 20 heavy (non-hydrogen) atoms. The first-order chi connectivity index (χ1) is 9.63. The van der Waals surface area contributed by atoms with E-state index in [-0.39, 0.29) is 0 Å². The Labute approximate surface area is 119 Å². The van der Waals surface area contributed by atoms with Gasteiger partial charge in [0.05, 0.1) is 0 Å². The number of nitrogens with zero attached hydrogens (tertiary/aromatic N) is 1. The van der Waals surface area contributed by atoms with Gasteiger partial charge < -0.3 is 4.90 Å². The number of benzene rings is 1. The standard InChI is InChI=1S/C17H21F2N/c1-12(14-2-3-14)20-8-6-13(7-9-20)10-15-4-5-16(18)11-17(15)19/h4-5,11,13-14H,1-3,6-10H2. The highest BCUT2D eigenvalue weighted by Crippen LogP contribution is 2.38. The van der Waals surface area contributed by atoms with E-state index in [1.54, 1.807) is 6.07 Å². The lowest BCUT2D eigenvalue weighted by Crippen LogP contribution is -2.34. The van der Waals surface area contributed by atoms with Gasteiger partial charge in [0.2, 0.25) is 0 Å². The second-order valence-electron chi connectivity index (χ2n) is 6.14. The third-order valence-corrected chi connectivity index (χ3v) is 4.59. The van der Waals surface area contributed by atoms with Gasteiger partial charge in [-0.1, -0.05) is 12.6 Å². The number of likely N-dealkylation sites (tertiary alicyclic amines) is 1. The van der Waals surface area contributed by atoms with E-state index in [1.807, 2.05) is 0 Å². The summed E-state index contributed by atoms with van der Waals surface area (Å²) in [7, 11) is 0. The molecule has 0 amide bonds. The van der Waals surface area contributed by atoms with Gasteiger partial charge in [0.1, 0.15) is 11.6 Å². The summed E-state index contributed by atoms with van der Waals surface area (Å²) in [5, 5.41) is 0. The molecular formula is C17H21F2N. The second-order valence-corrected chi connectivity index (χ2v) is 6.14. The van der Waals surface area contributed by atoms with E-state index in [0.717, 1.165) is 44.3 Å². The molecule has 1 aromatic rings. The Hall–Kier alpha value is -1.38. The minimum Gasteiger partial charge on any atom is -0.375 e. The summed E-state index contributed by atoms with van der Waals surface area (Å²) in [6.07, 6.45) is 5.44. The molecule has 1 aromatic carbocycles. The average molecular weight is 277 g/mol. The van der Waals surface area contributed by atoms with Crippen LogP contribution >= 0.6 is 0 Å². The van der Waals surface area contributed by atoms with Crippen molar-refractivity contribution in [2.24, 2.45) is 11.8 Å². The number of rotatable bonds is 4. The van der Waals surface area contributed by atoms with E-state index in [9.17, 15) is 8.78 Å². The molecular weight excluding hydrogens is 256 g/mol. The maximum Gasteiger partial charge on any atom is 0.129 e. The Morgan fingerprint density at radius 2 is 1.85 bits per heavy atom. The number of allylic oxidation sites excluding steroid dienone is 1. The summed E-state index contributed by atoms with van der Waals surface area (Å²) in [6, 6.07) is 3.92. The lowest BCUT2D eigenvalue weighted by Gasteiger charge is -2.35. The smallest absolute Gasteiger partial charge is 0.129 e. The van der Waals surface area contributed by atoms with Crippen LogP contribution in [0.2, 0.25) is 0 Å². The molecule has 0 unspecified atom stereocenters. The van der Waals surface area contributed by atoms with Gasteiger partial charge in [-0.15, -0.1) is 0 Å². The van der Waals surface area contributed by atoms with Gasteiger partial charge in [-0.05, 0) is 55.6 Å². The zero-order chi connectivity index (χ0) is 14.1. The molecule has 0 radical (unpaired) electrons. The first-order valence-electron chi connectivity index (χ1n) is 7.51.